The number of nitro benzene ring substituents is 1. The van der Waals surface area contributed by atoms with E-state index in [2.05, 4.69) is 5.32 Å². The number of piperidine rings is 1. The fourth-order valence-electron chi connectivity index (χ4n) is 2.05. The number of ether oxygens (including phenoxy) is 1. The topological polar surface area (TPSA) is 64.4 Å². The molecule has 0 aliphatic carbocycles. The second kappa shape index (κ2) is 5.77. The summed E-state index contributed by atoms with van der Waals surface area (Å²) < 4.78 is 18.7. The first kappa shape index (κ1) is 12.8. The van der Waals surface area contributed by atoms with E-state index in [0.717, 1.165) is 31.9 Å². The van der Waals surface area contributed by atoms with Gasteiger partial charge in [0.15, 0.2) is 5.75 Å². The number of nitrogens with one attached hydrogen (secondary N) is 1. The average Bonchev–Trinajstić information content (AvgIpc) is 2.37. The van der Waals surface area contributed by atoms with Crippen LogP contribution in [0.25, 0.3) is 0 Å². The molecular formula is C12H15FN2O3. The van der Waals surface area contributed by atoms with E-state index in [-0.39, 0.29) is 11.8 Å². The van der Waals surface area contributed by atoms with Crippen LogP contribution in [0, 0.1) is 15.9 Å². The van der Waals surface area contributed by atoms with Crippen molar-refractivity contribution < 1.29 is 14.1 Å². The van der Waals surface area contributed by atoms with Gasteiger partial charge in [0.2, 0.25) is 5.82 Å². The van der Waals surface area contributed by atoms with E-state index in [0.29, 0.717) is 6.61 Å². The monoisotopic (exact) mass is 254 g/mol. The van der Waals surface area contributed by atoms with Crippen molar-refractivity contribution >= 4 is 5.69 Å². The first-order chi connectivity index (χ1) is 8.68. The molecule has 0 amide bonds. The SMILES string of the molecule is O=[N+]([O-])c1c(F)cccc1OCC1CCCCN1. The van der Waals surface area contributed by atoms with Crippen LogP contribution in [-0.4, -0.2) is 24.1 Å². The molecule has 1 N–H and O–H groups in total. The van der Waals surface area contributed by atoms with Crippen LogP contribution < -0.4 is 10.1 Å². The average molecular weight is 254 g/mol. The van der Waals surface area contributed by atoms with Crippen molar-refractivity contribution in [3.8, 4) is 5.75 Å². The second-order valence-corrected chi connectivity index (χ2v) is 4.30. The third-order valence-electron chi connectivity index (χ3n) is 2.98. The fourth-order valence-corrected chi connectivity index (χ4v) is 2.05. The first-order valence-electron chi connectivity index (χ1n) is 5.97. The molecular weight excluding hydrogens is 239 g/mol. The molecule has 0 aromatic heterocycles. The summed E-state index contributed by atoms with van der Waals surface area (Å²) in [6.07, 6.45) is 3.23. The highest BCUT2D eigenvalue weighted by Crippen LogP contribution is 2.29. The standard InChI is InChI=1S/C12H15FN2O3/c13-10-5-3-6-11(12(10)15(16)17)18-8-9-4-1-2-7-14-9/h3,5-6,9,14H,1-2,4,7-8H2. The Balaban J connectivity index is 2.04. The largest absolute Gasteiger partial charge is 0.485 e. The van der Waals surface area contributed by atoms with Crippen LogP contribution in [0.4, 0.5) is 10.1 Å². The molecule has 1 saturated heterocycles. The van der Waals surface area contributed by atoms with Crippen molar-refractivity contribution in [2.75, 3.05) is 13.2 Å². The van der Waals surface area contributed by atoms with Gasteiger partial charge in [-0.3, -0.25) is 10.1 Å². The summed E-state index contributed by atoms with van der Waals surface area (Å²) in [5.41, 5.74) is -0.590. The van der Waals surface area contributed by atoms with Crippen LogP contribution in [0.1, 0.15) is 19.3 Å². The molecule has 0 spiro atoms. The molecule has 5 nitrogen and oxygen atoms in total. The van der Waals surface area contributed by atoms with Gasteiger partial charge < -0.3 is 10.1 Å². The molecule has 18 heavy (non-hydrogen) atoms. The number of nitro groups is 1. The van der Waals surface area contributed by atoms with Crippen molar-refractivity contribution in [2.24, 2.45) is 0 Å². The lowest BCUT2D eigenvalue weighted by molar-refractivity contribution is -0.388. The zero-order chi connectivity index (χ0) is 13.0. The number of hydrogen-bond donors (Lipinski definition) is 1. The van der Waals surface area contributed by atoms with Gasteiger partial charge in [0.25, 0.3) is 0 Å². The molecule has 2 rings (SSSR count). The summed E-state index contributed by atoms with van der Waals surface area (Å²) in [6, 6.07) is 4.07. The van der Waals surface area contributed by atoms with Gasteiger partial charge in [-0.2, -0.15) is 4.39 Å². The van der Waals surface area contributed by atoms with E-state index >= 15 is 0 Å². The molecule has 1 aliphatic rings. The highest BCUT2D eigenvalue weighted by atomic mass is 19.1. The molecule has 1 aromatic rings. The van der Waals surface area contributed by atoms with Gasteiger partial charge in [0.1, 0.15) is 6.61 Å². The van der Waals surface area contributed by atoms with Crippen LogP contribution in [0.2, 0.25) is 0 Å². The lowest BCUT2D eigenvalue weighted by atomic mass is 10.1. The highest BCUT2D eigenvalue weighted by Gasteiger charge is 2.22. The van der Waals surface area contributed by atoms with Gasteiger partial charge in [-0.05, 0) is 31.5 Å². The third-order valence-corrected chi connectivity index (χ3v) is 2.98. The minimum atomic E-state index is -0.867. The third kappa shape index (κ3) is 2.95. The number of rotatable bonds is 4. The van der Waals surface area contributed by atoms with E-state index in [4.69, 9.17) is 4.74 Å². The Morgan fingerprint density at radius 3 is 3.00 bits per heavy atom. The minimum Gasteiger partial charge on any atom is -0.485 e. The molecule has 0 radical (unpaired) electrons. The molecule has 0 bridgehead atoms. The number of para-hydroxylation sites is 1. The number of benzene rings is 1. The Hall–Kier alpha value is -1.69. The summed E-state index contributed by atoms with van der Waals surface area (Å²) in [6.45, 7) is 1.25. The second-order valence-electron chi connectivity index (χ2n) is 4.30. The smallest absolute Gasteiger partial charge is 0.346 e. The Kier molecular flexibility index (Phi) is 4.09. The van der Waals surface area contributed by atoms with Crippen molar-refractivity contribution in [1.29, 1.82) is 0 Å². The van der Waals surface area contributed by atoms with Gasteiger partial charge in [0, 0.05) is 6.04 Å². The Morgan fingerprint density at radius 2 is 2.33 bits per heavy atom. The molecule has 1 aromatic carbocycles. The quantitative estimate of drug-likeness (QED) is 0.661. The Labute approximate surface area is 104 Å². The van der Waals surface area contributed by atoms with E-state index < -0.39 is 16.4 Å². The summed E-state index contributed by atoms with van der Waals surface area (Å²) in [5.74, 6) is -0.874. The van der Waals surface area contributed by atoms with Crippen molar-refractivity contribution in [3.63, 3.8) is 0 Å². The highest BCUT2D eigenvalue weighted by molar-refractivity contribution is 5.47. The van der Waals surface area contributed by atoms with Crippen LogP contribution in [0.3, 0.4) is 0 Å². The summed E-state index contributed by atoms with van der Waals surface area (Å²) in [7, 11) is 0. The van der Waals surface area contributed by atoms with Crippen LogP contribution in [0.15, 0.2) is 18.2 Å². The predicted molar refractivity (Wildman–Crippen MR) is 64.2 cm³/mol. The minimum absolute atomic E-state index is 0.00706. The van der Waals surface area contributed by atoms with E-state index in [9.17, 15) is 14.5 Å². The predicted octanol–water partition coefficient (Wildman–Crippen LogP) is 2.25. The molecule has 1 atom stereocenters. The van der Waals surface area contributed by atoms with Crippen LogP contribution in [0.5, 0.6) is 5.75 Å². The summed E-state index contributed by atoms with van der Waals surface area (Å²) in [4.78, 5) is 10.0. The van der Waals surface area contributed by atoms with Crippen LogP contribution >= 0.6 is 0 Å². The maximum Gasteiger partial charge on any atom is 0.346 e. The lowest BCUT2D eigenvalue weighted by Gasteiger charge is -2.23. The van der Waals surface area contributed by atoms with Crippen LogP contribution in [-0.2, 0) is 0 Å². The van der Waals surface area contributed by atoms with Gasteiger partial charge in [-0.15, -0.1) is 0 Å². The zero-order valence-corrected chi connectivity index (χ0v) is 9.89. The van der Waals surface area contributed by atoms with Crippen molar-refractivity contribution in [1.82, 2.24) is 5.32 Å². The maximum atomic E-state index is 13.3. The van der Waals surface area contributed by atoms with Gasteiger partial charge in [0.05, 0.1) is 4.92 Å². The summed E-state index contributed by atoms with van der Waals surface area (Å²) >= 11 is 0. The molecule has 1 heterocycles. The molecule has 6 heteroatoms. The van der Waals surface area contributed by atoms with E-state index in [1.165, 1.54) is 12.1 Å². The molecule has 1 aliphatic heterocycles. The number of hydrogen-bond acceptors (Lipinski definition) is 4. The zero-order valence-electron chi connectivity index (χ0n) is 9.89. The molecule has 98 valence electrons. The number of nitrogens with zero attached hydrogens (tertiary/aromatic N) is 1. The Bertz CT molecular complexity index is 433. The van der Waals surface area contributed by atoms with Gasteiger partial charge >= 0.3 is 5.69 Å². The van der Waals surface area contributed by atoms with Gasteiger partial charge in [-0.1, -0.05) is 12.5 Å². The molecule has 1 fully saturated rings. The normalized spacial score (nSPS) is 19.5. The van der Waals surface area contributed by atoms with E-state index in [1.807, 2.05) is 0 Å². The molecule has 0 saturated carbocycles. The molecule has 1 unspecified atom stereocenters. The fraction of sp³-hybridized carbons (Fsp3) is 0.500. The first-order valence-corrected chi connectivity index (χ1v) is 5.97. The van der Waals surface area contributed by atoms with Gasteiger partial charge in [-0.25, -0.2) is 0 Å². The van der Waals surface area contributed by atoms with Crippen molar-refractivity contribution in [2.45, 2.75) is 25.3 Å². The number of halogens is 1. The maximum absolute atomic E-state index is 13.3. The van der Waals surface area contributed by atoms with Crippen molar-refractivity contribution in [3.05, 3.63) is 34.1 Å². The Morgan fingerprint density at radius 1 is 1.50 bits per heavy atom. The summed E-state index contributed by atoms with van der Waals surface area (Å²) in [5, 5.41) is 14.0. The lowest BCUT2D eigenvalue weighted by Crippen LogP contribution is -2.38. The van der Waals surface area contributed by atoms with E-state index in [1.54, 1.807) is 0 Å².